The second-order valence-electron chi connectivity index (χ2n) is 6.35. The van der Waals surface area contributed by atoms with Gasteiger partial charge < -0.3 is 14.2 Å². The molecule has 0 amide bonds. The summed E-state index contributed by atoms with van der Waals surface area (Å²) in [5.74, 6) is -0.805. The van der Waals surface area contributed by atoms with E-state index in [1.807, 2.05) is 0 Å². The number of esters is 2. The maximum absolute atomic E-state index is 12.3. The van der Waals surface area contributed by atoms with Crippen LogP contribution >= 0.6 is 27.5 Å². The van der Waals surface area contributed by atoms with Crippen LogP contribution in [-0.4, -0.2) is 29.4 Å². The summed E-state index contributed by atoms with van der Waals surface area (Å²) in [7, 11) is 0. The van der Waals surface area contributed by atoms with Gasteiger partial charge >= 0.3 is 11.9 Å². The molecule has 0 saturated carbocycles. The van der Waals surface area contributed by atoms with Crippen LogP contribution in [0.1, 0.15) is 31.4 Å². The lowest BCUT2D eigenvalue weighted by molar-refractivity contribution is -0.384. The third kappa shape index (κ3) is 5.14. The molecule has 0 N–H and O–H groups in total. The Kier molecular flexibility index (Phi) is 7.26. The second kappa shape index (κ2) is 9.92. The van der Waals surface area contributed by atoms with Gasteiger partial charge in [-0.3, -0.25) is 14.9 Å². The first-order valence-corrected chi connectivity index (χ1v) is 10.5. The molecule has 1 aliphatic rings. The number of hydrogen-bond acceptors (Lipinski definition) is 8. The largest absolute Gasteiger partial charge is 0.490 e. The molecule has 3 rings (SSSR count). The highest BCUT2D eigenvalue weighted by atomic mass is 79.9. The summed E-state index contributed by atoms with van der Waals surface area (Å²) < 4.78 is 16.5. The van der Waals surface area contributed by atoms with Gasteiger partial charge in [-0.05, 0) is 52.7 Å². The molecule has 1 aliphatic heterocycles. The molecule has 0 unspecified atom stereocenters. The van der Waals surface area contributed by atoms with Gasteiger partial charge in [0.1, 0.15) is 0 Å². The topological polar surface area (TPSA) is 117 Å². The highest BCUT2D eigenvalue weighted by Crippen LogP contribution is 2.38. The van der Waals surface area contributed by atoms with Gasteiger partial charge in [0, 0.05) is 18.6 Å². The Balaban J connectivity index is 2.00. The number of carbonyl (C=O) groups is 2. The Labute approximate surface area is 195 Å². The molecule has 0 radical (unpaired) electrons. The van der Waals surface area contributed by atoms with Crippen LogP contribution in [0.4, 0.5) is 5.69 Å². The van der Waals surface area contributed by atoms with Gasteiger partial charge in [-0.1, -0.05) is 18.5 Å². The molecule has 2 aromatic rings. The fourth-order valence-corrected chi connectivity index (χ4v) is 3.43. The summed E-state index contributed by atoms with van der Waals surface area (Å²) in [6, 6.07) is 6.95. The van der Waals surface area contributed by atoms with Crippen molar-refractivity contribution >= 4 is 57.1 Å². The van der Waals surface area contributed by atoms with Crippen molar-refractivity contribution in [3.05, 3.63) is 66.8 Å². The van der Waals surface area contributed by atoms with Crippen LogP contribution in [0.25, 0.3) is 6.08 Å². The molecule has 0 aromatic heterocycles. The van der Waals surface area contributed by atoms with Gasteiger partial charge in [0.25, 0.3) is 5.69 Å². The molecule has 2 aromatic carbocycles. The van der Waals surface area contributed by atoms with Crippen molar-refractivity contribution in [2.45, 2.75) is 20.3 Å². The van der Waals surface area contributed by atoms with Crippen LogP contribution in [0.5, 0.6) is 11.5 Å². The maximum Gasteiger partial charge on any atom is 0.363 e. The smallest absolute Gasteiger partial charge is 0.363 e. The first-order chi connectivity index (χ1) is 15.2. The zero-order valence-corrected chi connectivity index (χ0v) is 19.2. The lowest BCUT2D eigenvalue weighted by atomic mass is 10.1. The molecule has 0 bridgehead atoms. The number of nitrogens with zero attached hydrogens (tertiary/aromatic N) is 2. The van der Waals surface area contributed by atoms with E-state index in [4.69, 9.17) is 25.8 Å². The van der Waals surface area contributed by atoms with E-state index in [1.54, 1.807) is 26.0 Å². The van der Waals surface area contributed by atoms with Crippen LogP contribution in [0.15, 0.2) is 45.5 Å². The number of halogens is 2. The number of carbonyl (C=O) groups excluding carboxylic acids is 2. The fraction of sp³-hybridized carbons (Fsp3) is 0.190. The van der Waals surface area contributed by atoms with Crippen molar-refractivity contribution in [2.75, 3.05) is 6.61 Å². The highest BCUT2D eigenvalue weighted by Gasteiger charge is 2.27. The van der Waals surface area contributed by atoms with E-state index in [0.717, 1.165) is 0 Å². The molecule has 0 fully saturated rings. The molecular formula is C21H16BrClN2O7. The monoisotopic (exact) mass is 522 g/mol. The van der Waals surface area contributed by atoms with Gasteiger partial charge in [0.05, 0.1) is 26.6 Å². The van der Waals surface area contributed by atoms with Crippen molar-refractivity contribution in [3.8, 4) is 11.5 Å². The van der Waals surface area contributed by atoms with Crippen molar-refractivity contribution < 1.29 is 28.7 Å². The molecule has 11 heteroatoms. The quantitative estimate of drug-likeness (QED) is 0.163. The maximum atomic E-state index is 12.3. The normalized spacial score (nSPS) is 14.2. The number of cyclic esters (lactones) is 1. The van der Waals surface area contributed by atoms with E-state index in [2.05, 4.69) is 20.9 Å². The standard InChI is InChI=1S/C21H16BrClN2O7/c1-3-18(26)31-19-14(22)7-11(9-17(19)30-4-2)8-16-21(27)32-20(24-16)13-10-12(25(28)29)5-6-15(13)23/h5-10H,3-4H2,1-2H3. The summed E-state index contributed by atoms with van der Waals surface area (Å²) in [5, 5.41) is 11.2. The summed E-state index contributed by atoms with van der Waals surface area (Å²) >= 11 is 9.46. The van der Waals surface area contributed by atoms with Crippen LogP contribution in [-0.2, 0) is 14.3 Å². The van der Waals surface area contributed by atoms with Gasteiger partial charge in [0.2, 0.25) is 5.90 Å². The Morgan fingerprint density at radius 1 is 1.31 bits per heavy atom. The SMILES string of the molecule is CCOc1cc(C=C2N=C(c3cc([N+](=O)[O-])ccc3Cl)OC2=O)cc(Br)c1OC(=O)CC. The van der Waals surface area contributed by atoms with E-state index in [9.17, 15) is 19.7 Å². The summed E-state index contributed by atoms with van der Waals surface area (Å²) in [5.41, 5.74) is 0.368. The zero-order valence-electron chi connectivity index (χ0n) is 16.9. The minimum Gasteiger partial charge on any atom is -0.490 e. The van der Waals surface area contributed by atoms with Crippen LogP contribution in [0.3, 0.4) is 0 Å². The molecule has 9 nitrogen and oxygen atoms in total. The van der Waals surface area contributed by atoms with E-state index >= 15 is 0 Å². The number of rotatable bonds is 7. The van der Waals surface area contributed by atoms with Gasteiger partial charge in [-0.25, -0.2) is 9.79 Å². The number of benzene rings is 2. The Hall–Kier alpha value is -3.24. The Bertz CT molecular complexity index is 1180. The minimum atomic E-state index is -0.752. The predicted molar refractivity (Wildman–Crippen MR) is 120 cm³/mol. The number of hydrogen-bond donors (Lipinski definition) is 0. The minimum absolute atomic E-state index is 0.0461. The average molecular weight is 524 g/mol. The lowest BCUT2D eigenvalue weighted by Crippen LogP contribution is -2.08. The highest BCUT2D eigenvalue weighted by molar-refractivity contribution is 9.10. The first-order valence-electron chi connectivity index (χ1n) is 9.37. The molecular weight excluding hydrogens is 508 g/mol. The first kappa shape index (κ1) is 23.4. The fourth-order valence-electron chi connectivity index (χ4n) is 2.69. The molecule has 166 valence electrons. The van der Waals surface area contributed by atoms with Crippen LogP contribution in [0.2, 0.25) is 5.02 Å². The molecule has 0 spiro atoms. The van der Waals surface area contributed by atoms with Gasteiger partial charge in [0.15, 0.2) is 17.2 Å². The zero-order chi connectivity index (χ0) is 23.4. The summed E-state index contributed by atoms with van der Waals surface area (Å²) in [4.78, 5) is 38.7. The molecule has 32 heavy (non-hydrogen) atoms. The third-order valence-electron chi connectivity index (χ3n) is 4.15. The molecule has 1 heterocycles. The number of nitro benzene ring substituents is 1. The number of ether oxygens (including phenoxy) is 3. The van der Waals surface area contributed by atoms with Gasteiger partial charge in [-0.2, -0.15) is 0 Å². The van der Waals surface area contributed by atoms with E-state index in [1.165, 1.54) is 24.3 Å². The predicted octanol–water partition coefficient (Wildman–Crippen LogP) is 5.07. The van der Waals surface area contributed by atoms with E-state index in [-0.39, 0.29) is 40.0 Å². The van der Waals surface area contributed by atoms with E-state index in [0.29, 0.717) is 22.4 Å². The molecule has 0 atom stereocenters. The van der Waals surface area contributed by atoms with Gasteiger partial charge in [-0.15, -0.1) is 0 Å². The Morgan fingerprint density at radius 3 is 2.72 bits per heavy atom. The number of non-ortho nitro benzene ring substituents is 1. The van der Waals surface area contributed by atoms with Crippen molar-refractivity contribution in [1.29, 1.82) is 0 Å². The Morgan fingerprint density at radius 2 is 2.06 bits per heavy atom. The summed E-state index contributed by atoms with van der Waals surface area (Å²) in [6.45, 7) is 3.77. The lowest BCUT2D eigenvalue weighted by Gasteiger charge is -2.13. The van der Waals surface area contributed by atoms with Crippen molar-refractivity contribution in [3.63, 3.8) is 0 Å². The second-order valence-corrected chi connectivity index (χ2v) is 7.61. The van der Waals surface area contributed by atoms with Crippen LogP contribution in [0, 0.1) is 10.1 Å². The summed E-state index contributed by atoms with van der Waals surface area (Å²) in [6.07, 6.45) is 1.63. The molecule has 0 saturated heterocycles. The third-order valence-corrected chi connectivity index (χ3v) is 5.07. The average Bonchev–Trinajstić information content (AvgIpc) is 3.10. The van der Waals surface area contributed by atoms with Crippen LogP contribution < -0.4 is 9.47 Å². The number of aliphatic imine (C=N–C) groups is 1. The van der Waals surface area contributed by atoms with Crippen molar-refractivity contribution in [1.82, 2.24) is 0 Å². The van der Waals surface area contributed by atoms with Crippen molar-refractivity contribution in [2.24, 2.45) is 4.99 Å². The number of nitro groups is 1. The molecule has 0 aliphatic carbocycles. The van der Waals surface area contributed by atoms with E-state index < -0.39 is 16.9 Å².